The number of amides is 2. The quantitative estimate of drug-likeness (QED) is 0.398. The van der Waals surface area contributed by atoms with E-state index in [4.69, 9.17) is 0 Å². The summed E-state index contributed by atoms with van der Waals surface area (Å²) in [6.45, 7) is 0. The summed E-state index contributed by atoms with van der Waals surface area (Å²) < 4.78 is 26.8. The molecule has 0 spiro atoms. The second-order valence-corrected chi connectivity index (χ2v) is 7.74. The number of rotatable bonds is 4. The van der Waals surface area contributed by atoms with Crippen LogP contribution in [-0.2, 0) is 9.59 Å². The first-order valence-electron chi connectivity index (χ1n) is 10.3. The number of anilines is 4. The fraction of sp³-hybridized carbons (Fsp3) is 0.0800. The molecule has 0 radical (unpaired) electrons. The van der Waals surface area contributed by atoms with Gasteiger partial charge in [-0.3, -0.25) is 14.6 Å². The second kappa shape index (κ2) is 8.31. The lowest BCUT2D eigenvalue weighted by Gasteiger charge is -2.25. The number of aromatic nitrogens is 1. The highest BCUT2D eigenvalue weighted by Crippen LogP contribution is 2.36. The fourth-order valence-electron chi connectivity index (χ4n) is 3.99. The molecule has 5 rings (SSSR count). The molecular formula is C25H18F2N4O2. The molecule has 1 aromatic heterocycles. The lowest BCUT2D eigenvalue weighted by Crippen LogP contribution is -2.31. The predicted octanol–water partition coefficient (Wildman–Crippen LogP) is 5.32. The third-order valence-corrected chi connectivity index (χ3v) is 5.57. The SMILES string of the molecule is O=C1C[C@H](C(=O)Nc2ccc(Nc3ccc(F)cc3)c3ccncc23)c2ccc(F)cc2N1. The Labute approximate surface area is 187 Å². The average molecular weight is 444 g/mol. The van der Waals surface area contributed by atoms with Crippen molar-refractivity contribution in [3.05, 3.63) is 90.3 Å². The van der Waals surface area contributed by atoms with Gasteiger partial charge in [0.25, 0.3) is 0 Å². The van der Waals surface area contributed by atoms with E-state index in [1.54, 1.807) is 36.7 Å². The third-order valence-electron chi connectivity index (χ3n) is 5.57. The van der Waals surface area contributed by atoms with Gasteiger partial charge in [-0.1, -0.05) is 6.07 Å². The third kappa shape index (κ3) is 4.10. The molecule has 4 aromatic rings. The van der Waals surface area contributed by atoms with Crippen molar-refractivity contribution in [2.24, 2.45) is 0 Å². The molecule has 0 saturated carbocycles. The molecule has 164 valence electrons. The van der Waals surface area contributed by atoms with Gasteiger partial charge < -0.3 is 16.0 Å². The second-order valence-electron chi connectivity index (χ2n) is 7.74. The van der Waals surface area contributed by atoms with E-state index in [2.05, 4.69) is 20.9 Å². The largest absolute Gasteiger partial charge is 0.355 e. The summed E-state index contributed by atoms with van der Waals surface area (Å²) in [6, 6.07) is 15.3. The maximum Gasteiger partial charge on any atom is 0.232 e. The Kier molecular flexibility index (Phi) is 5.18. The number of hydrogen-bond donors (Lipinski definition) is 3. The molecule has 6 nitrogen and oxygen atoms in total. The van der Waals surface area contributed by atoms with Gasteiger partial charge in [-0.05, 0) is 60.2 Å². The Morgan fingerprint density at radius 3 is 2.52 bits per heavy atom. The zero-order valence-electron chi connectivity index (χ0n) is 17.2. The molecular weight excluding hydrogens is 426 g/mol. The van der Waals surface area contributed by atoms with Crippen LogP contribution >= 0.6 is 0 Å². The van der Waals surface area contributed by atoms with Crippen molar-refractivity contribution < 1.29 is 18.4 Å². The molecule has 2 amide bonds. The van der Waals surface area contributed by atoms with Crippen molar-refractivity contribution in [1.29, 1.82) is 0 Å². The summed E-state index contributed by atoms with van der Waals surface area (Å²) in [5.41, 5.74) is 2.86. The van der Waals surface area contributed by atoms with E-state index in [0.29, 0.717) is 28.0 Å². The van der Waals surface area contributed by atoms with Gasteiger partial charge in [0.2, 0.25) is 11.8 Å². The average Bonchev–Trinajstić information content (AvgIpc) is 2.81. The highest BCUT2D eigenvalue weighted by molar-refractivity contribution is 6.10. The highest BCUT2D eigenvalue weighted by Gasteiger charge is 2.31. The van der Waals surface area contributed by atoms with Gasteiger partial charge in [0.05, 0.1) is 11.6 Å². The summed E-state index contributed by atoms with van der Waals surface area (Å²) in [6.07, 6.45) is 3.24. The maximum absolute atomic E-state index is 13.6. The first-order valence-corrected chi connectivity index (χ1v) is 10.3. The zero-order valence-corrected chi connectivity index (χ0v) is 17.2. The van der Waals surface area contributed by atoms with Crippen LogP contribution in [0.15, 0.2) is 73.1 Å². The minimum Gasteiger partial charge on any atom is -0.355 e. The number of hydrogen-bond acceptors (Lipinski definition) is 4. The van der Waals surface area contributed by atoms with Crippen LogP contribution in [0.4, 0.5) is 31.5 Å². The molecule has 1 aliphatic rings. The van der Waals surface area contributed by atoms with Crippen LogP contribution in [-0.4, -0.2) is 16.8 Å². The number of benzene rings is 3. The van der Waals surface area contributed by atoms with Crippen LogP contribution in [0, 0.1) is 11.6 Å². The van der Waals surface area contributed by atoms with Crippen LogP contribution in [0.5, 0.6) is 0 Å². The molecule has 0 aliphatic carbocycles. The van der Waals surface area contributed by atoms with Crippen molar-refractivity contribution in [1.82, 2.24) is 4.98 Å². The predicted molar refractivity (Wildman–Crippen MR) is 122 cm³/mol. The number of nitrogens with zero attached hydrogens (tertiary/aromatic N) is 1. The van der Waals surface area contributed by atoms with Crippen molar-refractivity contribution in [3.8, 4) is 0 Å². The first kappa shape index (κ1) is 20.6. The van der Waals surface area contributed by atoms with E-state index >= 15 is 0 Å². The van der Waals surface area contributed by atoms with Gasteiger partial charge in [-0.2, -0.15) is 0 Å². The van der Waals surface area contributed by atoms with Gasteiger partial charge in [-0.15, -0.1) is 0 Å². The standard InChI is InChI=1S/C25H18F2N4O2/c26-14-1-4-16(5-2-14)29-21-7-8-22(20-13-28-10-9-18(20)21)31-25(33)19-12-24(32)30-23-11-15(27)3-6-17(19)23/h1-11,13,19,29H,12H2,(H,30,32)(H,31,33)/t19-/m0/s1. The molecule has 1 aliphatic heterocycles. The maximum atomic E-state index is 13.6. The number of fused-ring (bicyclic) bond motifs is 2. The number of carbonyl (C=O) groups is 2. The first-order chi connectivity index (χ1) is 16.0. The molecule has 3 aromatic carbocycles. The van der Waals surface area contributed by atoms with E-state index in [-0.39, 0.29) is 24.1 Å². The van der Waals surface area contributed by atoms with Gasteiger partial charge >= 0.3 is 0 Å². The monoisotopic (exact) mass is 444 g/mol. The van der Waals surface area contributed by atoms with E-state index in [1.807, 2.05) is 6.07 Å². The van der Waals surface area contributed by atoms with Crippen molar-refractivity contribution in [3.63, 3.8) is 0 Å². The summed E-state index contributed by atoms with van der Waals surface area (Å²) in [7, 11) is 0. The smallest absolute Gasteiger partial charge is 0.232 e. The molecule has 8 heteroatoms. The topological polar surface area (TPSA) is 83.1 Å². The van der Waals surface area contributed by atoms with Gasteiger partial charge in [0, 0.05) is 46.6 Å². The van der Waals surface area contributed by atoms with Crippen LogP contribution in [0.3, 0.4) is 0 Å². The normalized spacial score (nSPS) is 15.0. The Hall–Kier alpha value is -4.33. The van der Waals surface area contributed by atoms with Crippen LogP contribution < -0.4 is 16.0 Å². The highest BCUT2D eigenvalue weighted by atomic mass is 19.1. The zero-order chi connectivity index (χ0) is 22.9. The lowest BCUT2D eigenvalue weighted by atomic mass is 9.89. The summed E-state index contributed by atoms with van der Waals surface area (Å²) in [4.78, 5) is 29.4. The van der Waals surface area contributed by atoms with Gasteiger partial charge in [-0.25, -0.2) is 8.78 Å². The molecule has 2 heterocycles. The molecule has 33 heavy (non-hydrogen) atoms. The molecule has 0 fully saturated rings. The Balaban J connectivity index is 1.46. The van der Waals surface area contributed by atoms with E-state index < -0.39 is 11.7 Å². The van der Waals surface area contributed by atoms with Crippen LogP contribution in [0.25, 0.3) is 10.8 Å². The Morgan fingerprint density at radius 2 is 1.70 bits per heavy atom. The van der Waals surface area contributed by atoms with Crippen molar-refractivity contribution in [2.45, 2.75) is 12.3 Å². The Bertz CT molecular complexity index is 1390. The minimum atomic E-state index is -0.752. The molecule has 0 bridgehead atoms. The molecule has 3 N–H and O–H groups in total. The van der Waals surface area contributed by atoms with Gasteiger partial charge in [0.1, 0.15) is 11.6 Å². The van der Waals surface area contributed by atoms with Crippen molar-refractivity contribution >= 4 is 45.3 Å². The van der Waals surface area contributed by atoms with E-state index in [1.165, 1.54) is 30.3 Å². The number of pyridine rings is 1. The van der Waals surface area contributed by atoms with E-state index in [9.17, 15) is 18.4 Å². The summed E-state index contributed by atoms with van der Waals surface area (Å²) in [5.74, 6) is -2.29. The lowest BCUT2D eigenvalue weighted by molar-refractivity contribution is -0.123. The van der Waals surface area contributed by atoms with E-state index in [0.717, 1.165) is 11.1 Å². The molecule has 1 atom stereocenters. The minimum absolute atomic E-state index is 0.0369. The number of nitrogens with one attached hydrogen (secondary N) is 3. The van der Waals surface area contributed by atoms with Crippen LogP contribution in [0.2, 0.25) is 0 Å². The number of carbonyl (C=O) groups excluding carboxylic acids is 2. The van der Waals surface area contributed by atoms with Crippen molar-refractivity contribution in [2.75, 3.05) is 16.0 Å². The Morgan fingerprint density at radius 1 is 0.939 bits per heavy atom. The number of halogens is 2. The summed E-state index contributed by atoms with van der Waals surface area (Å²) in [5, 5.41) is 10.3. The molecule has 0 unspecified atom stereocenters. The summed E-state index contributed by atoms with van der Waals surface area (Å²) >= 11 is 0. The van der Waals surface area contributed by atoms with Gasteiger partial charge in [0.15, 0.2) is 0 Å². The van der Waals surface area contributed by atoms with Crippen LogP contribution in [0.1, 0.15) is 17.9 Å². The molecule has 0 saturated heterocycles. The fourth-order valence-corrected chi connectivity index (χ4v) is 3.99.